The standard InChI is InChI=1S/C56H42N2/c1-4-15-41(16-5-1)45-21-14-26-54(38-45)58(50-24-8-3-9-25-50)53-35-33-52(34-36-53)57(49-22-6-2-7-23-49)51-31-29-43(30-32-51)55-39-46-19-12-13-20-47(46)40-56(55)48-28-27-42-17-10-11-18-44(42)37-48/h1-38,40,55H,39H2. The van der Waals surface area contributed by atoms with E-state index in [1.165, 1.54) is 49.7 Å². The van der Waals surface area contributed by atoms with E-state index in [4.69, 9.17) is 0 Å². The Balaban J connectivity index is 1.01. The molecule has 10 rings (SSSR count). The van der Waals surface area contributed by atoms with Crippen LogP contribution in [-0.2, 0) is 6.42 Å². The molecular formula is C56H42N2. The van der Waals surface area contributed by atoms with Gasteiger partial charge in [-0.3, -0.25) is 0 Å². The summed E-state index contributed by atoms with van der Waals surface area (Å²) in [6.07, 6.45) is 3.38. The second-order valence-electron chi connectivity index (χ2n) is 15.0. The van der Waals surface area contributed by atoms with Gasteiger partial charge in [0.1, 0.15) is 0 Å². The molecule has 0 N–H and O–H groups in total. The Morgan fingerprint density at radius 1 is 0.328 bits per heavy atom. The summed E-state index contributed by atoms with van der Waals surface area (Å²) in [5, 5.41) is 2.54. The van der Waals surface area contributed by atoms with Crippen molar-refractivity contribution in [3.05, 3.63) is 253 Å². The van der Waals surface area contributed by atoms with Gasteiger partial charge in [0, 0.05) is 40.0 Å². The Hall–Kier alpha value is -7.42. The van der Waals surface area contributed by atoms with Gasteiger partial charge in [0.05, 0.1) is 0 Å². The summed E-state index contributed by atoms with van der Waals surface area (Å²) in [6.45, 7) is 0. The molecule has 1 atom stereocenters. The molecule has 276 valence electrons. The lowest BCUT2D eigenvalue weighted by atomic mass is 9.76. The van der Waals surface area contributed by atoms with E-state index in [0.717, 1.165) is 40.5 Å². The van der Waals surface area contributed by atoms with Crippen molar-refractivity contribution in [3.63, 3.8) is 0 Å². The van der Waals surface area contributed by atoms with Crippen LogP contribution in [0.1, 0.15) is 28.2 Å². The summed E-state index contributed by atoms with van der Waals surface area (Å²) in [5.74, 6) is 0.235. The molecule has 1 unspecified atom stereocenters. The number of fused-ring (bicyclic) bond motifs is 2. The number of hydrogen-bond acceptors (Lipinski definition) is 2. The van der Waals surface area contributed by atoms with Gasteiger partial charge in [0.25, 0.3) is 0 Å². The number of rotatable bonds is 9. The molecule has 1 aliphatic rings. The van der Waals surface area contributed by atoms with E-state index < -0.39 is 0 Å². The third-order valence-corrected chi connectivity index (χ3v) is 11.4. The van der Waals surface area contributed by atoms with Crippen LogP contribution in [-0.4, -0.2) is 0 Å². The van der Waals surface area contributed by atoms with Crippen LogP contribution >= 0.6 is 0 Å². The molecule has 2 nitrogen and oxygen atoms in total. The van der Waals surface area contributed by atoms with Crippen LogP contribution in [0.5, 0.6) is 0 Å². The number of anilines is 6. The molecule has 0 heterocycles. The van der Waals surface area contributed by atoms with Crippen molar-refractivity contribution in [1.29, 1.82) is 0 Å². The van der Waals surface area contributed by atoms with Crippen molar-refractivity contribution in [3.8, 4) is 11.1 Å². The third-order valence-electron chi connectivity index (χ3n) is 11.4. The first-order valence-electron chi connectivity index (χ1n) is 20.1. The van der Waals surface area contributed by atoms with Gasteiger partial charge >= 0.3 is 0 Å². The van der Waals surface area contributed by atoms with Crippen molar-refractivity contribution in [1.82, 2.24) is 0 Å². The van der Waals surface area contributed by atoms with Gasteiger partial charge in [-0.15, -0.1) is 0 Å². The molecule has 0 saturated heterocycles. The van der Waals surface area contributed by atoms with Gasteiger partial charge in [0.15, 0.2) is 0 Å². The molecule has 9 aromatic carbocycles. The maximum Gasteiger partial charge on any atom is 0.0467 e. The lowest BCUT2D eigenvalue weighted by Crippen LogP contribution is -2.13. The van der Waals surface area contributed by atoms with Crippen molar-refractivity contribution in [2.45, 2.75) is 12.3 Å². The molecule has 1 aliphatic carbocycles. The van der Waals surface area contributed by atoms with E-state index in [1.54, 1.807) is 0 Å². The van der Waals surface area contributed by atoms with E-state index in [2.05, 4.69) is 246 Å². The summed E-state index contributed by atoms with van der Waals surface area (Å²) in [5.41, 5.74) is 15.7. The number of hydrogen-bond donors (Lipinski definition) is 0. The monoisotopic (exact) mass is 742 g/mol. The first kappa shape index (κ1) is 35.0. The number of para-hydroxylation sites is 2. The number of benzene rings is 9. The fraction of sp³-hybridized carbons (Fsp3) is 0.0357. The predicted octanol–water partition coefficient (Wildman–Crippen LogP) is 15.3. The first-order valence-corrected chi connectivity index (χ1v) is 20.1. The van der Waals surface area contributed by atoms with Crippen LogP contribution in [0.4, 0.5) is 34.1 Å². The zero-order valence-electron chi connectivity index (χ0n) is 32.2. The maximum atomic E-state index is 2.41. The molecular weight excluding hydrogens is 701 g/mol. The normalized spacial score (nSPS) is 13.4. The minimum atomic E-state index is 0.235. The smallest absolute Gasteiger partial charge is 0.0467 e. The van der Waals surface area contributed by atoms with Gasteiger partial charge in [-0.25, -0.2) is 0 Å². The zero-order chi connectivity index (χ0) is 38.7. The fourth-order valence-electron chi connectivity index (χ4n) is 8.52. The highest BCUT2D eigenvalue weighted by molar-refractivity contribution is 5.93. The van der Waals surface area contributed by atoms with Crippen LogP contribution in [0.25, 0.3) is 33.5 Å². The highest BCUT2D eigenvalue weighted by Gasteiger charge is 2.25. The second kappa shape index (κ2) is 15.6. The van der Waals surface area contributed by atoms with Crippen LogP contribution in [0, 0.1) is 0 Å². The van der Waals surface area contributed by atoms with E-state index in [1.807, 2.05) is 0 Å². The van der Waals surface area contributed by atoms with Gasteiger partial charge in [-0.05, 0) is 135 Å². The summed E-state index contributed by atoms with van der Waals surface area (Å²) in [4.78, 5) is 4.69. The first-order chi connectivity index (χ1) is 28.7. The summed E-state index contributed by atoms with van der Waals surface area (Å²) < 4.78 is 0. The van der Waals surface area contributed by atoms with Crippen LogP contribution in [0.15, 0.2) is 231 Å². The lowest BCUT2D eigenvalue weighted by molar-refractivity contribution is 0.845. The summed E-state index contributed by atoms with van der Waals surface area (Å²) >= 11 is 0. The van der Waals surface area contributed by atoms with E-state index in [0.29, 0.717) is 0 Å². The highest BCUT2D eigenvalue weighted by atomic mass is 15.2. The summed E-state index contributed by atoms with van der Waals surface area (Å²) in [7, 11) is 0. The minimum Gasteiger partial charge on any atom is -0.311 e. The Morgan fingerprint density at radius 2 is 0.828 bits per heavy atom. The molecule has 58 heavy (non-hydrogen) atoms. The molecule has 9 aromatic rings. The SMILES string of the molecule is C1=C(c2ccc3ccccc3c2)C(c2ccc(N(c3ccccc3)c3ccc(N(c4ccccc4)c4cccc(-c5ccccc5)c4)cc3)cc2)Cc2ccccc21. The van der Waals surface area contributed by atoms with Gasteiger partial charge in [-0.1, -0.05) is 158 Å². The Labute approximate surface area is 341 Å². The molecule has 0 saturated carbocycles. The van der Waals surface area contributed by atoms with Gasteiger partial charge in [0.2, 0.25) is 0 Å². The van der Waals surface area contributed by atoms with E-state index in [-0.39, 0.29) is 5.92 Å². The minimum absolute atomic E-state index is 0.235. The number of allylic oxidation sites excluding steroid dienone is 1. The largest absolute Gasteiger partial charge is 0.311 e. The zero-order valence-corrected chi connectivity index (χ0v) is 32.2. The van der Waals surface area contributed by atoms with Crippen molar-refractivity contribution in [2.75, 3.05) is 9.80 Å². The quantitative estimate of drug-likeness (QED) is 0.145. The van der Waals surface area contributed by atoms with Crippen molar-refractivity contribution >= 4 is 56.5 Å². The van der Waals surface area contributed by atoms with Crippen LogP contribution < -0.4 is 9.80 Å². The average Bonchev–Trinajstić information content (AvgIpc) is 3.30. The fourth-order valence-corrected chi connectivity index (χ4v) is 8.52. The lowest BCUT2D eigenvalue weighted by Gasteiger charge is -2.30. The van der Waals surface area contributed by atoms with E-state index >= 15 is 0 Å². The molecule has 0 bridgehead atoms. The predicted molar refractivity (Wildman–Crippen MR) is 246 cm³/mol. The molecule has 0 aliphatic heterocycles. The maximum absolute atomic E-state index is 2.41. The number of nitrogens with zero attached hydrogens (tertiary/aromatic N) is 2. The Bertz CT molecular complexity index is 2840. The van der Waals surface area contributed by atoms with Crippen LogP contribution in [0.3, 0.4) is 0 Å². The summed E-state index contributed by atoms with van der Waals surface area (Å²) in [6, 6.07) is 83.3. The van der Waals surface area contributed by atoms with E-state index in [9.17, 15) is 0 Å². The molecule has 0 fully saturated rings. The van der Waals surface area contributed by atoms with Crippen molar-refractivity contribution < 1.29 is 0 Å². The second-order valence-corrected chi connectivity index (χ2v) is 15.0. The Kier molecular flexibility index (Phi) is 9.43. The average molecular weight is 743 g/mol. The van der Waals surface area contributed by atoms with Crippen LogP contribution in [0.2, 0.25) is 0 Å². The topological polar surface area (TPSA) is 6.48 Å². The van der Waals surface area contributed by atoms with Crippen molar-refractivity contribution in [2.24, 2.45) is 0 Å². The molecule has 2 heteroatoms. The molecule has 0 amide bonds. The highest BCUT2D eigenvalue weighted by Crippen LogP contribution is 2.44. The van der Waals surface area contributed by atoms with Gasteiger partial charge in [-0.2, -0.15) is 0 Å². The molecule has 0 aromatic heterocycles. The molecule has 0 radical (unpaired) electrons. The Morgan fingerprint density at radius 3 is 1.50 bits per heavy atom. The third kappa shape index (κ3) is 6.97. The molecule has 0 spiro atoms. The van der Waals surface area contributed by atoms with Gasteiger partial charge < -0.3 is 9.80 Å².